The van der Waals surface area contributed by atoms with E-state index in [4.69, 9.17) is 5.73 Å². The van der Waals surface area contributed by atoms with E-state index in [0.717, 1.165) is 18.6 Å². The fourth-order valence-corrected chi connectivity index (χ4v) is 4.23. The molecule has 2 aliphatic rings. The second kappa shape index (κ2) is 8.52. The minimum atomic E-state index is -4.43. The zero-order valence-electron chi connectivity index (χ0n) is 16.5. The lowest BCUT2D eigenvalue weighted by molar-refractivity contribution is -0.146. The molecule has 29 heavy (non-hydrogen) atoms. The minimum Gasteiger partial charge on any atom is -0.342 e. The fraction of sp³-hybridized carbons (Fsp3) is 0.600. The molecule has 2 saturated heterocycles. The predicted octanol–water partition coefficient (Wildman–Crippen LogP) is 3.23. The van der Waals surface area contributed by atoms with Crippen molar-refractivity contribution in [3.8, 4) is 0 Å². The van der Waals surface area contributed by atoms with Crippen LogP contribution in [0.3, 0.4) is 0 Å². The minimum absolute atomic E-state index is 0. The number of alkyl halides is 3. The van der Waals surface area contributed by atoms with Gasteiger partial charge in [-0.2, -0.15) is 13.2 Å². The number of benzene rings is 1. The molecule has 3 unspecified atom stereocenters. The highest BCUT2D eigenvalue weighted by Gasteiger charge is 2.44. The number of nitrogens with zero attached hydrogens (tertiary/aromatic N) is 2. The van der Waals surface area contributed by atoms with Gasteiger partial charge in [0, 0.05) is 26.6 Å². The van der Waals surface area contributed by atoms with Gasteiger partial charge in [-0.05, 0) is 42.5 Å². The van der Waals surface area contributed by atoms with Crippen molar-refractivity contribution in [3.63, 3.8) is 0 Å². The Bertz CT molecular complexity index is 756. The smallest absolute Gasteiger partial charge is 0.342 e. The van der Waals surface area contributed by atoms with Gasteiger partial charge in [-0.1, -0.05) is 19.1 Å². The number of halogens is 4. The highest BCUT2D eigenvalue weighted by atomic mass is 35.5. The molecule has 9 heteroatoms. The van der Waals surface area contributed by atoms with E-state index in [1.54, 1.807) is 11.9 Å². The van der Waals surface area contributed by atoms with Crippen LogP contribution in [0.2, 0.25) is 0 Å². The summed E-state index contributed by atoms with van der Waals surface area (Å²) in [6.07, 6.45) is -2.96. The first-order chi connectivity index (χ1) is 13.1. The van der Waals surface area contributed by atoms with E-state index in [2.05, 4.69) is 0 Å². The maximum atomic E-state index is 13.2. The summed E-state index contributed by atoms with van der Waals surface area (Å²) in [5, 5.41) is 0. The molecule has 2 amide bonds. The van der Waals surface area contributed by atoms with Gasteiger partial charge in [0.15, 0.2) is 0 Å². The molecule has 2 fully saturated rings. The van der Waals surface area contributed by atoms with Gasteiger partial charge in [-0.15, -0.1) is 12.4 Å². The van der Waals surface area contributed by atoms with Gasteiger partial charge in [0.05, 0.1) is 17.5 Å². The van der Waals surface area contributed by atoms with E-state index >= 15 is 0 Å². The first kappa shape index (κ1) is 23.5. The molecule has 5 nitrogen and oxygen atoms in total. The molecular formula is C20H27ClF3N3O2. The molecular weight excluding hydrogens is 407 g/mol. The summed E-state index contributed by atoms with van der Waals surface area (Å²) in [6, 6.07) is 4.19. The molecule has 0 radical (unpaired) electrons. The van der Waals surface area contributed by atoms with Crippen molar-refractivity contribution in [2.45, 2.75) is 38.4 Å². The third-order valence-corrected chi connectivity index (χ3v) is 6.12. The lowest BCUT2D eigenvalue weighted by Crippen LogP contribution is -2.47. The van der Waals surface area contributed by atoms with Gasteiger partial charge in [0.25, 0.3) is 0 Å². The Morgan fingerprint density at radius 3 is 2.41 bits per heavy atom. The molecule has 0 saturated carbocycles. The number of nitrogens with two attached hydrogens (primary N) is 1. The summed E-state index contributed by atoms with van der Waals surface area (Å²) >= 11 is 0. The third-order valence-electron chi connectivity index (χ3n) is 6.12. The largest absolute Gasteiger partial charge is 0.416 e. The van der Waals surface area contributed by atoms with Crippen LogP contribution in [0.25, 0.3) is 0 Å². The van der Waals surface area contributed by atoms with Crippen LogP contribution in [0.15, 0.2) is 24.3 Å². The molecule has 2 N–H and O–H groups in total. The maximum absolute atomic E-state index is 13.2. The average molecular weight is 434 g/mol. The number of hydrogen-bond donors (Lipinski definition) is 1. The summed E-state index contributed by atoms with van der Waals surface area (Å²) in [5.41, 5.74) is 5.51. The number of hydrogen-bond acceptors (Lipinski definition) is 3. The summed E-state index contributed by atoms with van der Waals surface area (Å²) in [7, 11) is 1.61. The monoisotopic (exact) mass is 433 g/mol. The fourth-order valence-electron chi connectivity index (χ4n) is 4.23. The van der Waals surface area contributed by atoms with E-state index in [9.17, 15) is 22.8 Å². The predicted molar refractivity (Wildman–Crippen MR) is 105 cm³/mol. The van der Waals surface area contributed by atoms with E-state index in [1.165, 1.54) is 17.0 Å². The number of likely N-dealkylation sites (tertiary alicyclic amines) is 2. The van der Waals surface area contributed by atoms with Crippen molar-refractivity contribution < 1.29 is 22.8 Å². The van der Waals surface area contributed by atoms with E-state index in [1.807, 2.05) is 6.92 Å². The zero-order chi connectivity index (χ0) is 20.7. The molecule has 3 rings (SSSR count). The number of carbonyl (C=O) groups is 2. The van der Waals surface area contributed by atoms with Crippen LogP contribution in [0.5, 0.6) is 0 Å². The van der Waals surface area contributed by atoms with Crippen molar-refractivity contribution in [2.24, 2.45) is 17.1 Å². The Morgan fingerprint density at radius 1 is 1.28 bits per heavy atom. The van der Waals surface area contributed by atoms with Crippen LogP contribution < -0.4 is 5.73 Å². The molecule has 1 aromatic carbocycles. The first-order valence-electron chi connectivity index (χ1n) is 9.47. The van der Waals surface area contributed by atoms with Gasteiger partial charge in [0.1, 0.15) is 0 Å². The van der Waals surface area contributed by atoms with Crippen LogP contribution in [0.1, 0.15) is 43.4 Å². The Hall–Kier alpha value is -1.80. The van der Waals surface area contributed by atoms with Crippen molar-refractivity contribution in [3.05, 3.63) is 35.4 Å². The van der Waals surface area contributed by atoms with E-state index in [0.29, 0.717) is 31.6 Å². The standard InChI is InChI=1S/C20H26F3N3O2.ClH/c1-19(11-24)9-10-26(12-19)18(28)15-7-8-16(27)25(2)17(15)13-3-5-14(6-4-13)20(21,22)23;/h3-6,15,17H,7-12,24H2,1-2H3;1H. The Balaban J connectivity index is 0.00000300. The number of amides is 2. The van der Waals surface area contributed by atoms with Gasteiger partial charge < -0.3 is 15.5 Å². The highest BCUT2D eigenvalue weighted by Crippen LogP contribution is 2.40. The van der Waals surface area contributed by atoms with E-state index < -0.39 is 23.7 Å². The third kappa shape index (κ3) is 4.69. The molecule has 0 bridgehead atoms. The average Bonchev–Trinajstić information content (AvgIpc) is 3.05. The van der Waals surface area contributed by atoms with Gasteiger partial charge >= 0.3 is 6.18 Å². The quantitative estimate of drug-likeness (QED) is 0.795. The van der Waals surface area contributed by atoms with Crippen LogP contribution in [-0.4, -0.2) is 48.3 Å². The molecule has 0 aromatic heterocycles. The Kier molecular flexibility index (Phi) is 6.89. The van der Waals surface area contributed by atoms with Crippen LogP contribution in [-0.2, 0) is 15.8 Å². The lowest BCUT2D eigenvalue weighted by Gasteiger charge is -2.40. The summed E-state index contributed by atoms with van der Waals surface area (Å²) < 4.78 is 38.6. The summed E-state index contributed by atoms with van der Waals surface area (Å²) in [5.74, 6) is -0.636. The molecule has 0 spiro atoms. The van der Waals surface area contributed by atoms with Crippen LogP contribution in [0.4, 0.5) is 13.2 Å². The van der Waals surface area contributed by atoms with E-state index in [-0.39, 0.29) is 36.1 Å². The second-order valence-electron chi connectivity index (χ2n) is 8.24. The Labute approximate surface area is 174 Å². The highest BCUT2D eigenvalue weighted by molar-refractivity contribution is 5.85. The number of carbonyl (C=O) groups excluding carboxylic acids is 2. The molecule has 0 aliphatic carbocycles. The molecule has 162 valence electrons. The Morgan fingerprint density at radius 2 is 1.90 bits per heavy atom. The van der Waals surface area contributed by atoms with Crippen molar-refractivity contribution in [1.82, 2.24) is 9.80 Å². The topological polar surface area (TPSA) is 66.6 Å². The van der Waals surface area contributed by atoms with Crippen molar-refractivity contribution in [2.75, 3.05) is 26.7 Å². The first-order valence-corrected chi connectivity index (χ1v) is 9.47. The molecule has 1 aromatic rings. The van der Waals surface area contributed by atoms with Crippen molar-refractivity contribution >= 4 is 24.2 Å². The molecule has 2 heterocycles. The zero-order valence-corrected chi connectivity index (χ0v) is 17.4. The molecule has 3 atom stereocenters. The number of piperidine rings is 1. The normalized spacial score (nSPS) is 27.7. The summed E-state index contributed by atoms with van der Waals surface area (Å²) in [4.78, 5) is 28.8. The molecule has 2 aliphatic heterocycles. The van der Waals surface area contributed by atoms with Gasteiger partial charge in [-0.25, -0.2) is 0 Å². The SMILES string of the molecule is CN1C(=O)CCC(C(=O)N2CCC(C)(CN)C2)C1c1ccc(C(F)(F)F)cc1.Cl. The van der Waals surface area contributed by atoms with Gasteiger partial charge in [-0.3, -0.25) is 9.59 Å². The van der Waals surface area contributed by atoms with Crippen molar-refractivity contribution in [1.29, 1.82) is 0 Å². The van der Waals surface area contributed by atoms with Crippen LogP contribution in [0, 0.1) is 11.3 Å². The second-order valence-corrected chi connectivity index (χ2v) is 8.24. The summed E-state index contributed by atoms with van der Waals surface area (Å²) in [6.45, 7) is 3.71. The maximum Gasteiger partial charge on any atom is 0.416 e. The lowest BCUT2D eigenvalue weighted by atomic mass is 9.83. The van der Waals surface area contributed by atoms with Gasteiger partial charge in [0.2, 0.25) is 11.8 Å². The number of rotatable bonds is 3. The van der Waals surface area contributed by atoms with Crippen LogP contribution >= 0.6 is 12.4 Å².